The number of aromatic nitrogens is 1. The van der Waals surface area contributed by atoms with Crippen LogP contribution < -0.4 is 21.6 Å². The van der Waals surface area contributed by atoms with Crippen LogP contribution in [0.3, 0.4) is 0 Å². The first-order valence-electron chi connectivity index (χ1n) is 8.02. The Morgan fingerprint density at radius 2 is 2.12 bits per heavy atom. The average Bonchev–Trinajstić information content (AvgIpc) is 3.36. The van der Waals surface area contributed by atoms with Crippen molar-refractivity contribution in [2.45, 2.75) is 12.8 Å². The van der Waals surface area contributed by atoms with E-state index in [4.69, 9.17) is 17.3 Å². The maximum Gasteiger partial charge on any atom is 0.227 e. The van der Waals surface area contributed by atoms with E-state index in [0.717, 1.165) is 12.8 Å². The summed E-state index contributed by atoms with van der Waals surface area (Å²) in [6.07, 6.45) is 5.95. The van der Waals surface area contributed by atoms with Crippen LogP contribution in [0, 0.1) is 11.7 Å². The van der Waals surface area contributed by atoms with Gasteiger partial charge in [-0.05, 0) is 31.1 Å². The van der Waals surface area contributed by atoms with Crippen LogP contribution in [0.15, 0.2) is 36.7 Å². The SMILES string of the molecule is C=C(/C=c1/c(C(=O)c2c(F)cccc2Cl)c[nH]/c1=C/N)NC(=O)C1CC1. The summed E-state index contributed by atoms with van der Waals surface area (Å²) in [7, 11) is 0. The number of ketones is 1. The van der Waals surface area contributed by atoms with Gasteiger partial charge in [0.15, 0.2) is 5.78 Å². The molecule has 0 aliphatic heterocycles. The van der Waals surface area contributed by atoms with Crippen molar-refractivity contribution in [1.29, 1.82) is 0 Å². The first kappa shape index (κ1) is 17.9. The lowest BCUT2D eigenvalue weighted by molar-refractivity contribution is -0.121. The largest absolute Gasteiger partial charge is 0.403 e. The Balaban J connectivity index is 2.03. The maximum absolute atomic E-state index is 14.1. The molecular weight excluding hydrogens is 357 g/mol. The second-order valence-corrected chi connectivity index (χ2v) is 6.46. The van der Waals surface area contributed by atoms with Crippen molar-refractivity contribution in [2.75, 3.05) is 0 Å². The van der Waals surface area contributed by atoms with Crippen molar-refractivity contribution >= 4 is 35.6 Å². The monoisotopic (exact) mass is 373 g/mol. The Kier molecular flexibility index (Phi) is 4.95. The standard InChI is InChI=1S/C19H17ClFN3O2/c1-10(24-19(26)11-5-6-11)7-12-13(9-23-16(12)8-22)18(25)17-14(20)3-2-4-15(17)21/h2-4,7-9,11,23H,1,5-6,22H2,(H,24,26)/b12-7-,16-8+. The molecular formula is C19H17ClFN3O2. The highest BCUT2D eigenvalue weighted by Crippen LogP contribution is 2.29. The van der Waals surface area contributed by atoms with Gasteiger partial charge in [-0.3, -0.25) is 9.59 Å². The molecule has 3 rings (SSSR count). The lowest BCUT2D eigenvalue weighted by Crippen LogP contribution is -2.31. The van der Waals surface area contributed by atoms with Crippen LogP contribution in [0.1, 0.15) is 28.8 Å². The van der Waals surface area contributed by atoms with Crippen LogP contribution in [0.2, 0.25) is 5.02 Å². The highest BCUT2D eigenvalue weighted by molar-refractivity contribution is 6.35. The Labute approximate surface area is 154 Å². The van der Waals surface area contributed by atoms with E-state index in [1.54, 1.807) is 0 Å². The molecule has 134 valence electrons. The van der Waals surface area contributed by atoms with Gasteiger partial charge >= 0.3 is 0 Å². The van der Waals surface area contributed by atoms with Gasteiger partial charge in [0.25, 0.3) is 0 Å². The molecule has 1 aliphatic rings. The van der Waals surface area contributed by atoms with Crippen molar-refractivity contribution < 1.29 is 14.0 Å². The number of aromatic amines is 1. The Bertz CT molecular complexity index is 1000. The zero-order chi connectivity index (χ0) is 18.8. The molecule has 1 amide bonds. The normalized spacial score (nSPS) is 15.2. The third-order valence-corrected chi connectivity index (χ3v) is 4.42. The fourth-order valence-electron chi connectivity index (χ4n) is 2.60. The number of allylic oxidation sites excluding steroid dienone is 1. The van der Waals surface area contributed by atoms with Gasteiger partial charge in [0, 0.05) is 34.8 Å². The maximum atomic E-state index is 14.1. The molecule has 7 heteroatoms. The van der Waals surface area contributed by atoms with Crippen LogP contribution in [-0.4, -0.2) is 16.7 Å². The number of carbonyl (C=O) groups excluding carboxylic acids is 2. The van der Waals surface area contributed by atoms with E-state index in [9.17, 15) is 14.0 Å². The van der Waals surface area contributed by atoms with Gasteiger partial charge in [-0.25, -0.2) is 4.39 Å². The molecule has 2 aromatic rings. The van der Waals surface area contributed by atoms with Crippen LogP contribution >= 0.6 is 11.6 Å². The molecule has 4 N–H and O–H groups in total. The fraction of sp³-hybridized carbons (Fsp3) is 0.158. The van der Waals surface area contributed by atoms with Gasteiger partial charge in [-0.2, -0.15) is 0 Å². The highest BCUT2D eigenvalue weighted by atomic mass is 35.5. The summed E-state index contributed by atoms with van der Waals surface area (Å²) in [5.74, 6) is -1.39. The molecule has 0 radical (unpaired) electrons. The number of amides is 1. The number of nitrogens with one attached hydrogen (secondary N) is 2. The fourth-order valence-corrected chi connectivity index (χ4v) is 2.85. The number of hydrogen-bond acceptors (Lipinski definition) is 3. The average molecular weight is 374 g/mol. The molecule has 1 aromatic heterocycles. The summed E-state index contributed by atoms with van der Waals surface area (Å²) in [4.78, 5) is 27.5. The Morgan fingerprint density at radius 3 is 2.73 bits per heavy atom. The van der Waals surface area contributed by atoms with Gasteiger partial charge in [-0.15, -0.1) is 0 Å². The zero-order valence-electron chi connectivity index (χ0n) is 13.8. The number of halogens is 2. The smallest absolute Gasteiger partial charge is 0.227 e. The quantitative estimate of drug-likeness (QED) is 0.695. The molecule has 26 heavy (non-hydrogen) atoms. The highest BCUT2D eigenvalue weighted by Gasteiger charge is 2.29. The molecule has 1 aromatic carbocycles. The van der Waals surface area contributed by atoms with E-state index in [1.165, 1.54) is 36.7 Å². The van der Waals surface area contributed by atoms with E-state index < -0.39 is 11.6 Å². The Morgan fingerprint density at radius 1 is 1.38 bits per heavy atom. The molecule has 1 heterocycles. The summed E-state index contributed by atoms with van der Waals surface area (Å²) >= 11 is 6.00. The van der Waals surface area contributed by atoms with Crippen molar-refractivity contribution in [2.24, 2.45) is 11.7 Å². The van der Waals surface area contributed by atoms with Crippen LogP contribution in [0.5, 0.6) is 0 Å². The molecule has 0 unspecified atom stereocenters. The number of benzene rings is 1. The number of rotatable bonds is 5. The van der Waals surface area contributed by atoms with Crippen LogP contribution in [0.4, 0.5) is 4.39 Å². The van der Waals surface area contributed by atoms with Crippen LogP contribution in [-0.2, 0) is 4.79 Å². The van der Waals surface area contributed by atoms with Crippen molar-refractivity contribution in [3.63, 3.8) is 0 Å². The summed E-state index contributed by atoms with van der Waals surface area (Å²) in [5, 5.41) is 3.55. The molecule has 1 saturated carbocycles. The van der Waals surface area contributed by atoms with Crippen molar-refractivity contribution in [1.82, 2.24) is 10.3 Å². The molecule has 0 bridgehead atoms. The molecule has 0 atom stereocenters. The number of hydrogen-bond donors (Lipinski definition) is 3. The van der Waals surface area contributed by atoms with E-state index >= 15 is 0 Å². The minimum Gasteiger partial charge on any atom is -0.403 e. The van der Waals surface area contributed by atoms with Gasteiger partial charge < -0.3 is 16.0 Å². The lowest BCUT2D eigenvalue weighted by Gasteiger charge is -2.05. The van der Waals surface area contributed by atoms with Crippen molar-refractivity contribution in [3.8, 4) is 0 Å². The molecule has 5 nitrogen and oxygen atoms in total. The van der Waals surface area contributed by atoms with Gasteiger partial charge in [0.1, 0.15) is 5.82 Å². The van der Waals surface area contributed by atoms with E-state index in [0.29, 0.717) is 16.3 Å². The lowest BCUT2D eigenvalue weighted by atomic mass is 10.0. The third-order valence-electron chi connectivity index (χ3n) is 4.10. The minimum absolute atomic E-state index is 0.0151. The van der Waals surface area contributed by atoms with Gasteiger partial charge in [0.2, 0.25) is 5.91 Å². The predicted molar refractivity (Wildman–Crippen MR) is 98.0 cm³/mol. The minimum atomic E-state index is -0.714. The topological polar surface area (TPSA) is 88.0 Å². The summed E-state index contributed by atoms with van der Waals surface area (Å²) in [5.41, 5.74) is 5.86. The predicted octanol–water partition coefficient (Wildman–Crippen LogP) is 1.56. The van der Waals surface area contributed by atoms with E-state index in [2.05, 4.69) is 16.9 Å². The van der Waals surface area contributed by atoms with Crippen LogP contribution in [0.25, 0.3) is 12.3 Å². The first-order chi connectivity index (χ1) is 12.4. The van der Waals surface area contributed by atoms with Gasteiger partial charge in [-0.1, -0.05) is 24.2 Å². The zero-order valence-corrected chi connectivity index (χ0v) is 14.6. The number of H-pyrrole nitrogens is 1. The molecule has 0 spiro atoms. The van der Waals surface area contributed by atoms with Crippen molar-refractivity contribution in [3.05, 3.63) is 69.2 Å². The van der Waals surface area contributed by atoms with E-state index in [1.807, 2.05) is 0 Å². The number of nitrogens with two attached hydrogens (primary N) is 1. The summed E-state index contributed by atoms with van der Waals surface area (Å²) < 4.78 is 14.1. The second-order valence-electron chi connectivity index (χ2n) is 6.06. The third kappa shape index (κ3) is 3.55. The summed E-state index contributed by atoms with van der Waals surface area (Å²) in [6.45, 7) is 3.80. The van der Waals surface area contributed by atoms with E-state index in [-0.39, 0.29) is 28.0 Å². The second kappa shape index (κ2) is 7.17. The Hall–Kier alpha value is -2.86. The molecule has 1 fully saturated rings. The molecule has 1 aliphatic carbocycles. The molecule has 0 saturated heterocycles. The number of carbonyl (C=O) groups is 2. The summed E-state index contributed by atoms with van der Waals surface area (Å²) in [6, 6.07) is 4.03. The first-order valence-corrected chi connectivity index (χ1v) is 8.39. The van der Waals surface area contributed by atoms with Gasteiger partial charge in [0.05, 0.1) is 15.9 Å².